The summed E-state index contributed by atoms with van der Waals surface area (Å²) in [5.41, 5.74) is 3.44. The molecule has 1 atom stereocenters. The van der Waals surface area contributed by atoms with Crippen molar-refractivity contribution in [3.8, 4) is 5.75 Å². The van der Waals surface area contributed by atoms with Crippen molar-refractivity contribution in [2.45, 2.75) is 19.6 Å². The van der Waals surface area contributed by atoms with E-state index in [9.17, 15) is 9.59 Å². The normalized spacial score (nSPS) is 11.5. The molecule has 0 bridgehead atoms. The van der Waals surface area contributed by atoms with E-state index in [1.165, 1.54) is 5.56 Å². The molecule has 4 nitrogen and oxygen atoms in total. The second-order valence-corrected chi connectivity index (χ2v) is 8.30. The third kappa shape index (κ3) is 5.91. The number of aryl methyl sites for hydroxylation is 1. The van der Waals surface area contributed by atoms with E-state index >= 15 is 0 Å². The van der Waals surface area contributed by atoms with Crippen LogP contribution in [-0.4, -0.2) is 11.8 Å². The molecule has 0 aliphatic rings. The number of halogens is 1. The fourth-order valence-electron chi connectivity index (χ4n) is 3.38. The van der Waals surface area contributed by atoms with Crippen molar-refractivity contribution in [2.75, 3.05) is 0 Å². The fourth-order valence-corrected chi connectivity index (χ4v) is 3.51. The molecule has 34 heavy (non-hydrogen) atoms. The predicted molar refractivity (Wildman–Crippen MR) is 132 cm³/mol. The number of carbonyl (C=O) groups is 2. The molecule has 4 rings (SSSR count). The maximum atomic E-state index is 13.2. The molecule has 0 aliphatic heterocycles. The largest absolute Gasteiger partial charge is 0.489 e. The smallest absolute Gasteiger partial charge is 0.339 e. The molecular weight excluding hydrogens is 448 g/mol. The minimum Gasteiger partial charge on any atom is -0.489 e. The first-order chi connectivity index (χ1) is 16.5. The molecule has 0 N–H and O–H groups in total. The minimum absolute atomic E-state index is 0.320. The third-order valence-corrected chi connectivity index (χ3v) is 5.56. The van der Waals surface area contributed by atoms with Crippen molar-refractivity contribution < 1.29 is 19.1 Å². The lowest BCUT2D eigenvalue weighted by molar-refractivity contribution is 0.0280. The van der Waals surface area contributed by atoms with Gasteiger partial charge in [-0.3, -0.25) is 4.79 Å². The Morgan fingerprint density at radius 1 is 0.765 bits per heavy atom. The molecule has 0 aliphatic carbocycles. The fraction of sp³-hybridized carbons (Fsp3) is 0.103. The third-order valence-electron chi connectivity index (χ3n) is 5.31. The van der Waals surface area contributed by atoms with Gasteiger partial charge >= 0.3 is 5.97 Å². The monoisotopic (exact) mass is 470 g/mol. The summed E-state index contributed by atoms with van der Waals surface area (Å²) < 4.78 is 11.5. The van der Waals surface area contributed by atoms with Gasteiger partial charge in [-0.15, -0.1) is 0 Å². The second-order valence-electron chi connectivity index (χ2n) is 7.87. The van der Waals surface area contributed by atoms with E-state index in [1.807, 2.05) is 49.4 Å². The summed E-state index contributed by atoms with van der Waals surface area (Å²) in [6, 6.07) is 30.3. The van der Waals surface area contributed by atoms with Gasteiger partial charge in [0.1, 0.15) is 12.4 Å². The molecule has 5 heteroatoms. The lowest BCUT2D eigenvalue weighted by atomic mass is 9.99. The lowest BCUT2D eigenvalue weighted by Crippen LogP contribution is -2.20. The molecule has 0 spiro atoms. The molecular formula is C29H23ClO4. The summed E-state index contributed by atoms with van der Waals surface area (Å²) in [6.45, 7) is 2.40. The molecule has 0 saturated heterocycles. The highest BCUT2D eigenvalue weighted by molar-refractivity contribution is 6.30. The quantitative estimate of drug-likeness (QED) is 0.205. The van der Waals surface area contributed by atoms with Crippen molar-refractivity contribution in [1.29, 1.82) is 0 Å². The first kappa shape index (κ1) is 23.3. The molecule has 0 aromatic heterocycles. The van der Waals surface area contributed by atoms with Gasteiger partial charge in [-0.1, -0.05) is 71.8 Å². The van der Waals surface area contributed by atoms with Crippen LogP contribution in [0.15, 0.2) is 103 Å². The number of carbonyl (C=O) groups excluding carboxylic acids is 2. The Morgan fingerprint density at radius 2 is 1.38 bits per heavy atom. The Labute approximate surface area is 203 Å². The lowest BCUT2D eigenvalue weighted by Gasteiger charge is -2.18. The van der Waals surface area contributed by atoms with Crippen LogP contribution >= 0.6 is 11.6 Å². The van der Waals surface area contributed by atoms with Crippen molar-refractivity contribution in [3.05, 3.63) is 136 Å². The molecule has 0 saturated carbocycles. The number of benzene rings is 4. The van der Waals surface area contributed by atoms with Crippen LogP contribution in [0.2, 0.25) is 5.02 Å². The van der Waals surface area contributed by atoms with Crippen LogP contribution in [0, 0.1) is 6.92 Å². The van der Waals surface area contributed by atoms with Crippen molar-refractivity contribution in [2.24, 2.45) is 0 Å². The number of hydrogen-bond donors (Lipinski definition) is 0. The molecule has 0 heterocycles. The van der Waals surface area contributed by atoms with Crippen molar-refractivity contribution in [3.63, 3.8) is 0 Å². The number of Topliss-reactive ketones (excluding diaryl/α,β-unsaturated/α-hetero) is 1. The van der Waals surface area contributed by atoms with E-state index in [-0.39, 0.29) is 5.78 Å². The van der Waals surface area contributed by atoms with Crippen molar-refractivity contribution >= 4 is 23.4 Å². The summed E-state index contributed by atoms with van der Waals surface area (Å²) in [7, 11) is 0. The van der Waals surface area contributed by atoms with Gasteiger partial charge in [-0.25, -0.2) is 4.79 Å². The van der Waals surface area contributed by atoms with Crippen LogP contribution < -0.4 is 4.74 Å². The molecule has 0 unspecified atom stereocenters. The van der Waals surface area contributed by atoms with Gasteiger partial charge in [0, 0.05) is 16.1 Å². The van der Waals surface area contributed by atoms with Gasteiger partial charge in [0.25, 0.3) is 0 Å². The first-order valence-corrected chi connectivity index (χ1v) is 11.2. The first-order valence-electron chi connectivity index (χ1n) is 10.8. The summed E-state index contributed by atoms with van der Waals surface area (Å²) in [6.07, 6.45) is -1.07. The second kappa shape index (κ2) is 10.8. The van der Waals surface area contributed by atoms with Gasteiger partial charge < -0.3 is 9.47 Å². The SMILES string of the molecule is Cc1ccc(OCc2ccc(C(=O)O[C@H](C(=O)c3ccc(Cl)cc3)c3ccccc3)cc2)cc1. The van der Waals surface area contributed by atoms with Gasteiger partial charge in [0.05, 0.1) is 5.56 Å². The van der Waals surface area contributed by atoms with E-state index < -0.39 is 12.1 Å². The van der Waals surface area contributed by atoms with Crippen LogP contribution in [0.5, 0.6) is 5.75 Å². The summed E-state index contributed by atoms with van der Waals surface area (Å²) in [5, 5.41) is 0.524. The van der Waals surface area contributed by atoms with E-state index in [0.29, 0.717) is 28.3 Å². The zero-order valence-electron chi connectivity index (χ0n) is 18.6. The Balaban J connectivity index is 1.47. The Hall–Kier alpha value is -3.89. The highest BCUT2D eigenvalue weighted by Gasteiger charge is 2.26. The standard InChI is InChI=1S/C29H23ClO4/c1-20-7-17-26(18-8-20)33-19-21-9-11-24(12-10-21)29(32)34-28(23-5-3-2-4-6-23)27(31)22-13-15-25(30)16-14-22/h2-18,28H,19H2,1H3/t28-/m0/s1. The van der Waals surface area contributed by atoms with Crippen LogP contribution in [-0.2, 0) is 11.3 Å². The topological polar surface area (TPSA) is 52.6 Å². The van der Waals surface area contributed by atoms with Gasteiger partial charge in [0.2, 0.25) is 5.78 Å². The zero-order chi connectivity index (χ0) is 23.9. The highest BCUT2D eigenvalue weighted by atomic mass is 35.5. The zero-order valence-corrected chi connectivity index (χ0v) is 19.4. The number of hydrogen-bond acceptors (Lipinski definition) is 4. The molecule has 4 aromatic carbocycles. The maximum Gasteiger partial charge on any atom is 0.339 e. The Bertz CT molecular complexity index is 1250. The van der Waals surface area contributed by atoms with E-state index in [2.05, 4.69) is 0 Å². The Morgan fingerprint density at radius 3 is 2.03 bits per heavy atom. The molecule has 4 aromatic rings. The number of rotatable bonds is 8. The number of esters is 1. The average Bonchev–Trinajstić information content (AvgIpc) is 2.88. The summed E-state index contributed by atoms with van der Waals surface area (Å²) >= 11 is 5.95. The van der Waals surface area contributed by atoms with E-state index in [0.717, 1.165) is 11.3 Å². The van der Waals surface area contributed by atoms with E-state index in [1.54, 1.807) is 60.7 Å². The highest BCUT2D eigenvalue weighted by Crippen LogP contribution is 2.25. The van der Waals surface area contributed by atoms with E-state index in [4.69, 9.17) is 21.1 Å². The molecule has 170 valence electrons. The summed E-state index contributed by atoms with van der Waals surface area (Å²) in [4.78, 5) is 26.1. The van der Waals surface area contributed by atoms with Gasteiger partial charge in [-0.05, 0) is 61.0 Å². The average molecular weight is 471 g/mol. The Kier molecular flexibility index (Phi) is 7.41. The van der Waals surface area contributed by atoms with Crippen LogP contribution in [0.4, 0.5) is 0 Å². The van der Waals surface area contributed by atoms with Crippen LogP contribution in [0.1, 0.15) is 43.5 Å². The van der Waals surface area contributed by atoms with Gasteiger partial charge in [-0.2, -0.15) is 0 Å². The van der Waals surface area contributed by atoms with Gasteiger partial charge in [0.15, 0.2) is 6.10 Å². The molecule has 0 fully saturated rings. The molecule has 0 amide bonds. The molecule has 0 radical (unpaired) electrons. The predicted octanol–water partition coefficient (Wildman–Crippen LogP) is 7.01. The van der Waals surface area contributed by atoms with Crippen LogP contribution in [0.25, 0.3) is 0 Å². The number of ketones is 1. The summed E-state index contributed by atoms with van der Waals surface area (Å²) in [5.74, 6) is -0.123. The maximum absolute atomic E-state index is 13.2. The minimum atomic E-state index is -1.07. The number of ether oxygens (including phenoxy) is 2. The van der Waals surface area contributed by atoms with Crippen LogP contribution in [0.3, 0.4) is 0 Å². The van der Waals surface area contributed by atoms with Crippen molar-refractivity contribution in [1.82, 2.24) is 0 Å².